The summed E-state index contributed by atoms with van der Waals surface area (Å²) in [5, 5.41) is 5.29. The van der Waals surface area contributed by atoms with E-state index < -0.39 is 35.0 Å². The first kappa shape index (κ1) is 24.0. The van der Waals surface area contributed by atoms with E-state index in [9.17, 15) is 23.2 Å². The van der Waals surface area contributed by atoms with Crippen LogP contribution in [0.2, 0.25) is 0 Å². The highest BCUT2D eigenvalue weighted by molar-refractivity contribution is 7.18. The fraction of sp³-hybridized carbons (Fsp3) is 0.217. The van der Waals surface area contributed by atoms with Gasteiger partial charge in [-0.15, -0.1) is 0 Å². The number of halogens is 2. The summed E-state index contributed by atoms with van der Waals surface area (Å²) in [5.74, 6) is -2.71. The molecule has 3 aromatic rings. The predicted molar refractivity (Wildman–Crippen MR) is 120 cm³/mol. The summed E-state index contributed by atoms with van der Waals surface area (Å²) in [4.78, 5) is 42.2. The van der Waals surface area contributed by atoms with E-state index in [-0.39, 0.29) is 27.9 Å². The largest absolute Gasteiger partial charge is 0.462 e. The van der Waals surface area contributed by atoms with Crippen molar-refractivity contribution in [2.24, 2.45) is 0 Å². The molecule has 3 rings (SSSR count). The number of anilines is 1. The fourth-order valence-corrected chi connectivity index (χ4v) is 3.66. The van der Waals surface area contributed by atoms with E-state index in [1.165, 1.54) is 50.2 Å². The molecule has 2 aromatic carbocycles. The van der Waals surface area contributed by atoms with E-state index in [4.69, 9.17) is 4.74 Å². The Balaban J connectivity index is 1.82. The van der Waals surface area contributed by atoms with Gasteiger partial charge in [-0.05, 0) is 69.3 Å². The molecule has 0 fully saturated rings. The molecule has 1 heterocycles. The monoisotopic (exact) mass is 473 g/mol. The Hall–Kier alpha value is -3.66. The zero-order chi connectivity index (χ0) is 24.2. The highest BCUT2D eigenvalue weighted by Crippen LogP contribution is 2.32. The third-order valence-corrected chi connectivity index (χ3v) is 5.48. The van der Waals surface area contributed by atoms with Crippen LogP contribution in [0.1, 0.15) is 40.8 Å². The average molecular weight is 474 g/mol. The van der Waals surface area contributed by atoms with Gasteiger partial charge < -0.3 is 10.1 Å². The molecule has 2 N–H and O–H groups in total. The van der Waals surface area contributed by atoms with Crippen LogP contribution in [-0.2, 0) is 9.53 Å². The van der Waals surface area contributed by atoms with E-state index in [0.717, 1.165) is 23.5 Å². The molecule has 0 aliphatic carbocycles. The van der Waals surface area contributed by atoms with Crippen LogP contribution < -0.4 is 10.6 Å². The van der Waals surface area contributed by atoms with Crippen molar-refractivity contribution >= 4 is 34.3 Å². The number of carbonyl (C=O) groups is 3. The lowest BCUT2D eigenvalue weighted by molar-refractivity contribution is -0.120. The molecule has 0 aliphatic rings. The summed E-state index contributed by atoms with van der Waals surface area (Å²) in [6.45, 7) is 4.78. The summed E-state index contributed by atoms with van der Waals surface area (Å²) in [7, 11) is 0. The second kappa shape index (κ2) is 9.86. The van der Waals surface area contributed by atoms with Gasteiger partial charge in [0.05, 0.1) is 12.3 Å². The van der Waals surface area contributed by atoms with E-state index in [1.807, 2.05) is 0 Å². The van der Waals surface area contributed by atoms with Crippen LogP contribution in [0.4, 0.5) is 13.9 Å². The van der Waals surface area contributed by atoms with Gasteiger partial charge in [0.1, 0.15) is 22.1 Å². The second-order valence-electron chi connectivity index (χ2n) is 7.46. The lowest BCUT2D eigenvalue weighted by Crippen LogP contribution is -2.52. The average Bonchev–Trinajstić information content (AvgIpc) is 3.18. The first-order valence-corrected chi connectivity index (χ1v) is 10.8. The number of aromatic nitrogens is 1. The first-order valence-electron chi connectivity index (χ1n) is 9.94. The van der Waals surface area contributed by atoms with Gasteiger partial charge in [-0.1, -0.05) is 11.3 Å². The van der Waals surface area contributed by atoms with Crippen LogP contribution in [0.5, 0.6) is 0 Å². The number of thiazole rings is 1. The highest BCUT2D eigenvalue weighted by atomic mass is 32.1. The molecule has 0 aliphatic heterocycles. The Bertz CT molecular complexity index is 1180. The fourth-order valence-electron chi connectivity index (χ4n) is 2.78. The molecule has 0 saturated heterocycles. The maximum absolute atomic E-state index is 13.3. The Morgan fingerprint density at radius 3 is 2.15 bits per heavy atom. The van der Waals surface area contributed by atoms with Crippen molar-refractivity contribution in [1.82, 2.24) is 10.3 Å². The molecule has 10 heteroatoms. The van der Waals surface area contributed by atoms with Gasteiger partial charge in [0, 0.05) is 11.1 Å². The van der Waals surface area contributed by atoms with Crippen LogP contribution in [0.25, 0.3) is 11.3 Å². The summed E-state index contributed by atoms with van der Waals surface area (Å²) < 4.78 is 31.5. The second-order valence-corrected chi connectivity index (χ2v) is 8.46. The normalized spacial score (nSPS) is 11.1. The molecule has 1 aromatic heterocycles. The van der Waals surface area contributed by atoms with Gasteiger partial charge >= 0.3 is 5.97 Å². The lowest BCUT2D eigenvalue weighted by atomic mass is 10.0. The molecule has 0 saturated carbocycles. The van der Waals surface area contributed by atoms with Crippen molar-refractivity contribution in [3.8, 4) is 11.3 Å². The zero-order valence-corrected chi connectivity index (χ0v) is 18.9. The number of rotatable bonds is 7. The van der Waals surface area contributed by atoms with Crippen LogP contribution in [-0.4, -0.2) is 34.9 Å². The van der Waals surface area contributed by atoms with Gasteiger partial charge in [-0.2, -0.15) is 0 Å². The van der Waals surface area contributed by atoms with Crippen LogP contribution in [0.15, 0.2) is 48.5 Å². The number of nitrogens with one attached hydrogen (secondary N) is 2. The van der Waals surface area contributed by atoms with Crippen molar-refractivity contribution in [2.45, 2.75) is 26.3 Å². The van der Waals surface area contributed by atoms with E-state index >= 15 is 0 Å². The Morgan fingerprint density at radius 2 is 1.58 bits per heavy atom. The highest BCUT2D eigenvalue weighted by Gasteiger charge is 2.31. The number of amides is 2. The minimum atomic E-state index is -1.36. The smallest absolute Gasteiger partial charge is 0.350 e. The van der Waals surface area contributed by atoms with Crippen molar-refractivity contribution < 1.29 is 27.9 Å². The van der Waals surface area contributed by atoms with Crippen LogP contribution in [0.3, 0.4) is 0 Å². The number of esters is 1. The number of hydrogen-bond donors (Lipinski definition) is 2. The van der Waals surface area contributed by atoms with Crippen molar-refractivity contribution in [2.75, 3.05) is 11.9 Å². The molecule has 0 unspecified atom stereocenters. The Kier molecular flexibility index (Phi) is 7.17. The van der Waals surface area contributed by atoms with Crippen LogP contribution in [0, 0.1) is 11.6 Å². The summed E-state index contributed by atoms with van der Waals surface area (Å²) >= 11 is 0.902. The summed E-state index contributed by atoms with van der Waals surface area (Å²) in [6.07, 6.45) is 0. The Morgan fingerprint density at radius 1 is 1.00 bits per heavy atom. The molecule has 0 radical (unpaired) electrons. The maximum Gasteiger partial charge on any atom is 0.350 e. The third kappa shape index (κ3) is 5.78. The summed E-state index contributed by atoms with van der Waals surface area (Å²) in [5.41, 5.74) is -0.464. The molecule has 7 nitrogen and oxygen atoms in total. The minimum absolute atomic E-state index is 0.103. The standard InChI is InChI=1S/C23H21F2N3O4S/c1-4-32-20(30)18-17(13-5-9-15(24)10-6-13)26-22(33-18)27-21(31)23(2,3)28-19(29)14-7-11-16(25)12-8-14/h5-12H,4H2,1-3H3,(H,28,29)(H,26,27,31). The predicted octanol–water partition coefficient (Wildman–Crippen LogP) is 4.41. The van der Waals surface area contributed by atoms with E-state index in [0.29, 0.717) is 5.56 Å². The number of hydrogen-bond acceptors (Lipinski definition) is 6. The molecule has 0 spiro atoms. The van der Waals surface area contributed by atoms with Gasteiger partial charge in [0.15, 0.2) is 5.13 Å². The molecule has 33 heavy (non-hydrogen) atoms. The molecule has 2 amide bonds. The van der Waals surface area contributed by atoms with Crippen molar-refractivity contribution in [3.05, 3.63) is 70.6 Å². The number of ether oxygens (including phenoxy) is 1. The van der Waals surface area contributed by atoms with Crippen molar-refractivity contribution in [1.29, 1.82) is 0 Å². The third-order valence-electron chi connectivity index (χ3n) is 4.53. The minimum Gasteiger partial charge on any atom is -0.462 e. The number of benzene rings is 2. The van der Waals surface area contributed by atoms with Gasteiger partial charge in [-0.25, -0.2) is 18.6 Å². The molecule has 172 valence electrons. The van der Waals surface area contributed by atoms with E-state index in [2.05, 4.69) is 15.6 Å². The SMILES string of the molecule is CCOC(=O)c1sc(NC(=O)C(C)(C)NC(=O)c2ccc(F)cc2)nc1-c1ccc(F)cc1. The zero-order valence-electron chi connectivity index (χ0n) is 18.1. The summed E-state index contributed by atoms with van der Waals surface area (Å²) in [6, 6.07) is 10.3. The van der Waals surface area contributed by atoms with Gasteiger partial charge in [0.25, 0.3) is 11.8 Å². The van der Waals surface area contributed by atoms with Gasteiger partial charge in [0.2, 0.25) is 0 Å². The topological polar surface area (TPSA) is 97.4 Å². The number of carbonyl (C=O) groups excluding carboxylic acids is 3. The van der Waals surface area contributed by atoms with Crippen LogP contribution >= 0.6 is 11.3 Å². The molecule has 0 atom stereocenters. The van der Waals surface area contributed by atoms with Crippen molar-refractivity contribution in [3.63, 3.8) is 0 Å². The molecular formula is C23H21F2N3O4S. The van der Waals surface area contributed by atoms with Gasteiger partial charge in [-0.3, -0.25) is 14.9 Å². The number of nitrogens with zero attached hydrogens (tertiary/aromatic N) is 1. The van der Waals surface area contributed by atoms with E-state index in [1.54, 1.807) is 6.92 Å². The lowest BCUT2D eigenvalue weighted by Gasteiger charge is -2.24. The molecule has 0 bridgehead atoms. The first-order chi connectivity index (χ1) is 15.6. The Labute approximate surface area is 192 Å². The quantitative estimate of drug-likeness (QED) is 0.496. The molecular weight excluding hydrogens is 452 g/mol. The maximum atomic E-state index is 13.3.